The number of halogens is 2. The second kappa shape index (κ2) is 9.20. The van der Waals surface area contributed by atoms with Gasteiger partial charge in [0.05, 0.1) is 11.1 Å². The third-order valence-corrected chi connectivity index (χ3v) is 10.6. The summed E-state index contributed by atoms with van der Waals surface area (Å²) < 4.78 is 35.9. The summed E-state index contributed by atoms with van der Waals surface area (Å²) in [4.78, 5) is 12.2. The van der Waals surface area contributed by atoms with E-state index in [-0.39, 0.29) is 24.2 Å². The Hall–Kier alpha value is -3.12. The van der Waals surface area contributed by atoms with Crippen molar-refractivity contribution >= 4 is 0 Å². The summed E-state index contributed by atoms with van der Waals surface area (Å²) in [7, 11) is 0. The van der Waals surface area contributed by atoms with Gasteiger partial charge in [-0.15, -0.1) is 0 Å². The fourth-order valence-corrected chi connectivity index (χ4v) is 9.30. The summed E-state index contributed by atoms with van der Waals surface area (Å²) in [6.07, 6.45) is 10.8. The predicted molar refractivity (Wildman–Crippen MR) is 134 cm³/mol. The maximum Gasteiger partial charge on any atom is 0.318 e. The monoisotopic (exact) mass is 544 g/mol. The van der Waals surface area contributed by atoms with Gasteiger partial charge >= 0.3 is 11.7 Å². The molecule has 5 aliphatic carbocycles. The van der Waals surface area contributed by atoms with Crippen molar-refractivity contribution in [3.05, 3.63) is 34.4 Å². The first-order chi connectivity index (χ1) is 19.3. The molecule has 10 heteroatoms. The maximum absolute atomic E-state index is 18.0. The minimum absolute atomic E-state index is 0.131. The van der Waals surface area contributed by atoms with Gasteiger partial charge in [0, 0.05) is 24.2 Å². The van der Waals surface area contributed by atoms with Gasteiger partial charge in [-0.1, -0.05) is 12.2 Å². The van der Waals surface area contributed by atoms with Gasteiger partial charge in [-0.3, -0.25) is 0 Å². The van der Waals surface area contributed by atoms with Gasteiger partial charge in [-0.25, -0.2) is 9.68 Å². The van der Waals surface area contributed by atoms with Gasteiger partial charge < -0.3 is 0 Å². The first kappa shape index (κ1) is 25.8. The van der Waals surface area contributed by atoms with Crippen molar-refractivity contribution in [2.45, 2.75) is 100 Å². The van der Waals surface area contributed by atoms with Crippen LogP contribution in [-0.2, 0) is 9.68 Å². The number of rotatable bonds is 4. The number of hydrogen-bond donors (Lipinski definition) is 0. The highest BCUT2D eigenvalue weighted by atomic mass is 19.2. The quantitative estimate of drug-likeness (QED) is 0.455. The van der Waals surface area contributed by atoms with E-state index in [1.807, 2.05) is 0 Å². The van der Waals surface area contributed by atoms with Crippen molar-refractivity contribution in [3.8, 4) is 24.3 Å². The Kier molecular flexibility index (Phi) is 5.94. The van der Waals surface area contributed by atoms with E-state index in [9.17, 15) is 21.0 Å². The molecule has 8 nitrogen and oxygen atoms in total. The Bertz CT molecular complexity index is 1200. The summed E-state index contributed by atoms with van der Waals surface area (Å²) in [5, 5.41) is 42.1. The van der Waals surface area contributed by atoms with Crippen LogP contribution in [0.15, 0.2) is 34.4 Å². The lowest BCUT2D eigenvalue weighted by atomic mass is 9.64. The molecule has 0 aromatic heterocycles. The number of allylic oxidation sites excluding steroid dienone is 2. The fourth-order valence-electron chi connectivity index (χ4n) is 9.30. The van der Waals surface area contributed by atoms with Crippen LogP contribution in [0, 0.1) is 69.0 Å². The standard InChI is InChI=1S/C30H30F2N6O2/c31-29(39-37-23-5-17-3-18(7-23)8-24(37)6-17)27(21(13-33)14-34)1-2-28(22(15-35)16-36)30(29,32)40-38-25-9-19-4-20(11-25)12-26(38)10-19/h1-2,17-20,23-26H,3-12H2. The molecule has 4 aliphatic heterocycles. The van der Waals surface area contributed by atoms with E-state index in [1.165, 1.54) is 10.1 Å². The second-order valence-corrected chi connectivity index (χ2v) is 12.9. The molecule has 8 fully saturated rings. The van der Waals surface area contributed by atoms with Crippen LogP contribution < -0.4 is 0 Å². The van der Waals surface area contributed by atoms with Gasteiger partial charge in [0.25, 0.3) is 0 Å². The Morgan fingerprint density at radius 3 is 1.10 bits per heavy atom. The molecule has 4 heterocycles. The van der Waals surface area contributed by atoms with E-state index in [1.54, 1.807) is 24.3 Å². The van der Waals surface area contributed by atoms with E-state index in [0.717, 1.165) is 76.4 Å². The first-order valence-electron chi connectivity index (χ1n) is 14.4. The van der Waals surface area contributed by atoms with Crippen LogP contribution >= 0.6 is 0 Å². The van der Waals surface area contributed by atoms with Crippen LogP contribution in [0.25, 0.3) is 0 Å². The molecule has 0 radical (unpaired) electrons. The largest absolute Gasteiger partial charge is 0.318 e. The van der Waals surface area contributed by atoms with Crippen molar-refractivity contribution in [1.82, 2.24) is 10.1 Å². The van der Waals surface area contributed by atoms with Crippen LogP contribution in [0.5, 0.6) is 0 Å². The van der Waals surface area contributed by atoms with Crippen molar-refractivity contribution in [1.29, 1.82) is 21.0 Å². The predicted octanol–water partition coefficient (Wildman–Crippen LogP) is 4.96. The molecular weight excluding hydrogens is 514 g/mol. The maximum atomic E-state index is 18.0. The van der Waals surface area contributed by atoms with E-state index in [2.05, 4.69) is 0 Å². The number of hydroxylamine groups is 4. The topological polar surface area (TPSA) is 120 Å². The lowest BCUT2D eigenvalue weighted by molar-refractivity contribution is -0.444. The van der Waals surface area contributed by atoms with Crippen LogP contribution in [0.2, 0.25) is 0 Å². The molecule has 0 N–H and O–H groups in total. The molecule has 9 aliphatic rings. The summed E-state index contributed by atoms with van der Waals surface area (Å²) >= 11 is 0. The van der Waals surface area contributed by atoms with E-state index >= 15 is 8.78 Å². The summed E-state index contributed by atoms with van der Waals surface area (Å²) in [6, 6.07) is 6.24. The molecule has 9 rings (SSSR count). The summed E-state index contributed by atoms with van der Waals surface area (Å²) in [5.41, 5.74) is -2.50. The molecule has 0 aromatic carbocycles. The van der Waals surface area contributed by atoms with Crippen LogP contribution in [-0.4, -0.2) is 46.0 Å². The number of alkyl halides is 2. The average molecular weight is 545 g/mol. The van der Waals surface area contributed by atoms with Crippen molar-refractivity contribution in [2.24, 2.45) is 23.7 Å². The SMILES string of the molecule is N#CC(C#N)=C1C=CC(=C(C#N)C#N)C(F)(ON2C3CC4CC(C3)CC2C4)C1(F)ON1C2CC3CC(C2)CC1C3. The third kappa shape index (κ3) is 3.64. The van der Waals surface area contributed by atoms with Crippen molar-refractivity contribution in [2.75, 3.05) is 0 Å². The number of hydrogen-bond acceptors (Lipinski definition) is 8. The number of piperidine rings is 4. The van der Waals surface area contributed by atoms with Gasteiger partial charge in [0.1, 0.15) is 35.4 Å². The molecule has 40 heavy (non-hydrogen) atoms. The highest BCUT2D eigenvalue weighted by molar-refractivity contribution is 5.59. The molecule has 0 spiro atoms. The lowest BCUT2D eigenvalue weighted by Crippen LogP contribution is -2.67. The molecule has 2 atom stereocenters. The van der Waals surface area contributed by atoms with Crippen LogP contribution in [0.4, 0.5) is 8.78 Å². The van der Waals surface area contributed by atoms with E-state index in [4.69, 9.17) is 9.68 Å². The van der Waals surface area contributed by atoms with Gasteiger partial charge in [-0.2, -0.15) is 40.0 Å². The highest BCUT2D eigenvalue weighted by Crippen LogP contribution is 2.57. The number of nitrogens with zero attached hydrogens (tertiary/aromatic N) is 6. The zero-order valence-electron chi connectivity index (χ0n) is 22.1. The lowest BCUT2D eigenvalue weighted by Gasteiger charge is -2.59. The third-order valence-electron chi connectivity index (χ3n) is 10.6. The first-order valence-corrected chi connectivity index (χ1v) is 14.4. The van der Waals surface area contributed by atoms with Gasteiger partial charge in [0.2, 0.25) is 0 Å². The van der Waals surface area contributed by atoms with Gasteiger partial charge in [-0.05, 0) is 87.9 Å². The summed E-state index contributed by atoms with van der Waals surface area (Å²) in [5.74, 6) is -4.92. The molecule has 0 amide bonds. The smallest absolute Gasteiger partial charge is 0.246 e. The Labute approximate surface area is 232 Å². The summed E-state index contributed by atoms with van der Waals surface area (Å²) in [6.45, 7) is 0. The van der Waals surface area contributed by atoms with Crippen molar-refractivity contribution < 1.29 is 18.5 Å². The van der Waals surface area contributed by atoms with Crippen LogP contribution in [0.3, 0.4) is 0 Å². The second-order valence-electron chi connectivity index (χ2n) is 12.9. The molecular formula is C30H30F2N6O2. The normalized spacial score (nSPS) is 44.6. The fraction of sp³-hybridized carbons (Fsp3) is 0.667. The molecule has 4 saturated carbocycles. The molecule has 0 aromatic rings. The zero-order chi connectivity index (χ0) is 27.8. The Morgan fingerprint density at radius 2 is 0.850 bits per heavy atom. The average Bonchev–Trinajstić information content (AvgIpc) is 2.92. The zero-order valence-corrected chi connectivity index (χ0v) is 22.1. The molecule has 2 unspecified atom stereocenters. The van der Waals surface area contributed by atoms with Gasteiger partial charge in [0.15, 0.2) is 0 Å². The number of nitriles is 4. The Balaban J connectivity index is 1.37. The molecule has 206 valence electrons. The van der Waals surface area contributed by atoms with Crippen molar-refractivity contribution in [3.63, 3.8) is 0 Å². The minimum Gasteiger partial charge on any atom is -0.246 e. The van der Waals surface area contributed by atoms with E-state index < -0.39 is 34.0 Å². The highest BCUT2D eigenvalue weighted by Gasteiger charge is 2.68. The Morgan fingerprint density at radius 1 is 0.575 bits per heavy atom. The molecule has 4 saturated heterocycles. The van der Waals surface area contributed by atoms with E-state index in [0.29, 0.717) is 23.7 Å². The molecule has 8 bridgehead atoms. The minimum atomic E-state index is -3.49. The van der Waals surface area contributed by atoms with Crippen LogP contribution in [0.1, 0.15) is 64.2 Å².